The van der Waals surface area contributed by atoms with Gasteiger partial charge in [0.1, 0.15) is 5.82 Å². The standard InChI is InChI=1S/C20H27FN4O2S/c1-13(2)9-25-19(16-7-5-6-8-17(16)21)22-23-20(25)28-12-18(26)24-10-14(3)27-15(4)11-24/h5-8,13-15H,9-12H2,1-4H3/t14-,15-/m0/s1. The summed E-state index contributed by atoms with van der Waals surface area (Å²) < 4.78 is 21.9. The van der Waals surface area contributed by atoms with Crippen molar-refractivity contribution in [1.82, 2.24) is 19.7 Å². The Balaban J connectivity index is 1.77. The van der Waals surface area contributed by atoms with E-state index in [-0.39, 0.29) is 29.7 Å². The predicted octanol–water partition coefficient (Wildman–Crippen LogP) is 3.47. The summed E-state index contributed by atoms with van der Waals surface area (Å²) in [7, 11) is 0. The van der Waals surface area contributed by atoms with Crippen molar-refractivity contribution in [2.75, 3.05) is 18.8 Å². The lowest BCUT2D eigenvalue weighted by atomic mass is 10.2. The first-order valence-electron chi connectivity index (χ1n) is 9.59. The molecule has 1 aromatic heterocycles. The van der Waals surface area contributed by atoms with E-state index in [4.69, 9.17) is 4.74 Å². The van der Waals surface area contributed by atoms with Crippen LogP contribution in [0.3, 0.4) is 0 Å². The van der Waals surface area contributed by atoms with Gasteiger partial charge < -0.3 is 14.2 Å². The van der Waals surface area contributed by atoms with Gasteiger partial charge in [0.15, 0.2) is 11.0 Å². The van der Waals surface area contributed by atoms with Crippen LogP contribution in [0, 0.1) is 11.7 Å². The zero-order valence-corrected chi connectivity index (χ0v) is 17.6. The van der Waals surface area contributed by atoms with Crippen molar-refractivity contribution in [3.8, 4) is 11.4 Å². The summed E-state index contributed by atoms with van der Waals surface area (Å²) in [6.45, 7) is 9.97. The summed E-state index contributed by atoms with van der Waals surface area (Å²) in [5.41, 5.74) is 0.421. The molecule has 1 saturated heterocycles. The lowest BCUT2D eigenvalue weighted by Gasteiger charge is -2.35. The third kappa shape index (κ3) is 4.91. The van der Waals surface area contributed by atoms with Gasteiger partial charge in [-0.2, -0.15) is 0 Å². The first-order chi connectivity index (χ1) is 13.3. The van der Waals surface area contributed by atoms with Gasteiger partial charge in [-0.1, -0.05) is 37.7 Å². The third-order valence-electron chi connectivity index (χ3n) is 4.48. The van der Waals surface area contributed by atoms with Crippen molar-refractivity contribution in [3.63, 3.8) is 0 Å². The highest BCUT2D eigenvalue weighted by Gasteiger charge is 2.26. The van der Waals surface area contributed by atoms with Crippen LogP contribution in [0.15, 0.2) is 29.4 Å². The van der Waals surface area contributed by atoms with E-state index in [9.17, 15) is 9.18 Å². The van der Waals surface area contributed by atoms with Crippen molar-refractivity contribution in [2.24, 2.45) is 5.92 Å². The van der Waals surface area contributed by atoms with Crippen LogP contribution >= 0.6 is 11.8 Å². The van der Waals surface area contributed by atoms with Crippen LogP contribution in [0.25, 0.3) is 11.4 Å². The van der Waals surface area contributed by atoms with E-state index < -0.39 is 0 Å². The Bertz CT molecular complexity index is 816. The van der Waals surface area contributed by atoms with Gasteiger partial charge >= 0.3 is 0 Å². The molecule has 2 aromatic rings. The van der Waals surface area contributed by atoms with Gasteiger partial charge in [-0.15, -0.1) is 10.2 Å². The van der Waals surface area contributed by atoms with Crippen molar-refractivity contribution in [3.05, 3.63) is 30.1 Å². The second-order valence-electron chi connectivity index (χ2n) is 7.64. The number of thioether (sulfide) groups is 1. The van der Waals surface area contributed by atoms with Gasteiger partial charge in [0.25, 0.3) is 0 Å². The molecule has 1 amide bonds. The van der Waals surface area contributed by atoms with Gasteiger partial charge in [0.05, 0.1) is 23.5 Å². The highest BCUT2D eigenvalue weighted by Crippen LogP contribution is 2.27. The Morgan fingerprint density at radius 3 is 2.57 bits per heavy atom. The number of hydrogen-bond donors (Lipinski definition) is 0. The van der Waals surface area contributed by atoms with E-state index in [0.29, 0.717) is 42.1 Å². The SMILES string of the molecule is CC(C)Cn1c(SCC(=O)N2C[C@H](C)O[C@@H](C)C2)nnc1-c1ccccc1F. The van der Waals surface area contributed by atoms with Crippen LogP contribution in [-0.2, 0) is 16.1 Å². The zero-order valence-electron chi connectivity index (χ0n) is 16.8. The van der Waals surface area contributed by atoms with Gasteiger partial charge in [-0.05, 0) is 31.9 Å². The number of rotatable bonds is 6. The number of carbonyl (C=O) groups excluding carboxylic acids is 1. The molecule has 2 atom stereocenters. The van der Waals surface area contributed by atoms with Crippen LogP contribution in [0.5, 0.6) is 0 Å². The molecule has 0 radical (unpaired) electrons. The van der Waals surface area contributed by atoms with E-state index >= 15 is 0 Å². The molecule has 1 aliphatic rings. The van der Waals surface area contributed by atoms with Gasteiger partial charge in [0.2, 0.25) is 5.91 Å². The zero-order chi connectivity index (χ0) is 20.3. The molecule has 0 aliphatic carbocycles. The average molecular weight is 407 g/mol. The minimum absolute atomic E-state index is 0.0370. The lowest BCUT2D eigenvalue weighted by molar-refractivity contribution is -0.140. The summed E-state index contributed by atoms with van der Waals surface area (Å²) in [5, 5.41) is 9.10. The molecule has 3 rings (SSSR count). The largest absolute Gasteiger partial charge is 0.372 e. The fraction of sp³-hybridized carbons (Fsp3) is 0.550. The van der Waals surface area contributed by atoms with Crippen molar-refractivity contribution >= 4 is 17.7 Å². The molecule has 0 unspecified atom stereocenters. The normalized spacial score (nSPS) is 20.0. The average Bonchev–Trinajstić information content (AvgIpc) is 3.01. The quantitative estimate of drug-likeness (QED) is 0.688. The second-order valence-corrected chi connectivity index (χ2v) is 8.58. The van der Waals surface area contributed by atoms with Crippen LogP contribution < -0.4 is 0 Å². The van der Waals surface area contributed by atoms with Gasteiger partial charge in [-0.25, -0.2) is 4.39 Å². The fourth-order valence-corrected chi connectivity index (χ4v) is 4.22. The van der Waals surface area contributed by atoms with E-state index in [2.05, 4.69) is 24.0 Å². The Morgan fingerprint density at radius 2 is 1.93 bits per heavy atom. The molecule has 0 spiro atoms. The molecule has 0 N–H and O–H groups in total. The molecule has 0 bridgehead atoms. The monoisotopic (exact) mass is 406 g/mol. The Kier molecular flexibility index (Phi) is 6.72. The summed E-state index contributed by atoms with van der Waals surface area (Å²) in [5.74, 6) is 0.822. The van der Waals surface area contributed by atoms with Gasteiger partial charge in [0, 0.05) is 19.6 Å². The summed E-state index contributed by atoms with van der Waals surface area (Å²) in [4.78, 5) is 14.5. The second kappa shape index (κ2) is 9.05. The number of amides is 1. The van der Waals surface area contributed by atoms with Crippen LogP contribution in [0.1, 0.15) is 27.7 Å². The van der Waals surface area contributed by atoms with E-state index in [1.54, 1.807) is 18.2 Å². The first kappa shape index (κ1) is 20.8. The van der Waals surface area contributed by atoms with E-state index in [1.807, 2.05) is 23.3 Å². The van der Waals surface area contributed by atoms with E-state index in [1.165, 1.54) is 17.8 Å². The molecule has 28 heavy (non-hydrogen) atoms. The van der Waals surface area contributed by atoms with Crippen LogP contribution in [0.4, 0.5) is 4.39 Å². The molecule has 1 fully saturated rings. The van der Waals surface area contributed by atoms with Crippen molar-refractivity contribution in [2.45, 2.75) is 51.6 Å². The number of morpholine rings is 1. The number of carbonyl (C=O) groups is 1. The summed E-state index contributed by atoms with van der Waals surface area (Å²) in [6.07, 6.45) is 0.0740. The molecule has 152 valence electrons. The molecule has 8 heteroatoms. The Labute approximate surface area is 169 Å². The minimum Gasteiger partial charge on any atom is -0.372 e. The van der Waals surface area contributed by atoms with Gasteiger partial charge in [-0.3, -0.25) is 4.79 Å². The first-order valence-corrected chi connectivity index (χ1v) is 10.6. The molecular formula is C20H27FN4O2S. The number of hydrogen-bond acceptors (Lipinski definition) is 5. The van der Waals surface area contributed by atoms with Crippen molar-refractivity contribution in [1.29, 1.82) is 0 Å². The smallest absolute Gasteiger partial charge is 0.233 e. The molecule has 1 aliphatic heterocycles. The van der Waals surface area contributed by atoms with E-state index in [0.717, 1.165) is 0 Å². The maximum absolute atomic E-state index is 14.3. The number of benzene rings is 1. The highest BCUT2D eigenvalue weighted by molar-refractivity contribution is 7.99. The number of aromatic nitrogens is 3. The fourth-order valence-electron chi connectivity index (χ4n) is 3.37. The lowest BCUT2D eigenvalue weighted by Crippen LogP contribution is -2.48. The molecule has 1 aromatic carbocycles. The third-order valence-corrected chi connectivity index (χ3v) is 5.43. The maximum atomic E-state index is 14.3. The molecular weight excluding hydrogens is 379 g/mol. The molecule has 6 nitrogen and oxygen atoms in total. The Hall–Kier alpha value is -1.93. The maximum Gasteiger partial charge on any atom is 0.233 e. The number of halogens is 1. The van der Waals surface area contributed by atoms with Crippen LogP contribution in [-0.4, -0.2) is 56.6 Å². The van der Waals surface area contributed by atoms with Crippen LogP contribution in [0.2, 0.25) is 0 Å². The number of ether oxygens (including phenoxy) is 1. The summed E-state index contributed by atoms with van der Waals surface area (Å²) >= 11 is 1.35. The topological polar surface area (TPSA) is 60.2 Å². The summed E-state index contributed by atoms with van der Waals surface area (Å²) in [6, 6.07) is 6.55. The predicted molar refractivity (Wildman–Crippen MR) is 108 cm³/mol. The number of nitrogens with zero attached hydrogens (tertiary/aromatic N) is 4. The molecule has 0 saturated carbocycles. The Morgan fingerprint density at radius 1 is 1.25 bits per heavy atom. The van der Waals surface area contributed by atoms with Crippen molar-refractivity contribution < 1.29 is 13.9 Å². The minimum atomic E-state index is -0.330. The highest BCUT2D eigenvalue weighted by atomic mass is 32.2. The molecule has 2 heterocycles.